The van der Waals surface area contributed by atoms with E-state index in [-0.39, 0.29) is 24.7 Å². The monoisotopic (exact) mass is 250 g/mol. The van der Waals surface area contributed by atoms with Gasteiger partial charge in [-0.25, -0.2) is 0 Å². The summed E-state index contributed by atoms with van der Waals surface area (Å²) in [5.74, 6) is 0.518. The van der Waals surface area contributed by atoms with Gasteiger partial charge < -0.3 is 0 Å². The van der Waals surface area contributed by atoms with Gasteiger partial charge in [0, 0.05) is 11.6 Å². The van der Waals surface area contributed by atoms with Gasteiger partial charge in [0.1, 0.15) is 0 Å². The molecule has 0 heterocycles. The molecular weight excluding hydrogens is 236 g/mol. The summed E-state index contributed by atoms with van der Waals surface area (Å²) < 4.78 is 0. The van der Waals surface area contributed by atoms with Crippen LogP contribution in [0, 0.1) is 20.2 Å². The zero-order valence-electron chi connectivity index (χ0n) is 8.96. The molecule has 2 bridgehead atoms. The van der Waals surface area contributed by atoms with Crippen LogP contribution in [0.3, 0.4) is 0 Å². The fourth-order valence-corrected chi connectivity index (χ4v) is 3.26. The van der Waals surface area contributed by atoms with Crippen LogP contribution in [0.15, 0.2) is 12.1 Å². The topological polar surface area (TPSA) is 86.3 Å². The molecule has 0 spiro atoms. The number of nitro groups is 2. The van der Waals surface area contributed by atoms with Crippen LogP contribution in [0.25, 0.3) is 0 Å². The second-order valence-corrected chi connectivity index (χ2v) is 4.66. The number of benzene rings is 1. The second kappa shape index (κ2) is 4.04. The second-order valence-electron chi connectivity index (χ2n) is 4.66. The molecule has 0 N–H and O–H groups in total. The highest BCUT2D eigenvalue weighted by atomic mass is 16.6. The molecule has 0 amide bonds. The summed E-state index contributed by atoms with van der Waals surface area (Å²) in [6.45, 7) is 0. The minimum atomic E-state index is -0.662. The summed E-state index contributed by atoms with van der Waals surface area (Å²) in [6.07, 6.45) is 2.88. The van der Waals surface area contributed by atoms with E-state index in [1.165, 1.54) is 6.07 Å². The van der Waals surface area contributed by atoms with Crippen LogP contribution in [-0.4, -0.2) is 9.85 Å². The van der Waals surface area contributed by atoms with Gasteiger partial charge in [-0.1, -0.05) is 13.5 Å². The van der Waals surface area contributed by atoms with E-state index >= 15 is 0 Å². The Kier molecular flexibility index (Phi) is 2.80. The largest absolute Gasteiger partial charge is 0.349 e. The highest BCUT2D eigenvalue weighted by molar-refractivity contribution is 5.65. The van der Waals surface area contributed by atoms with Crippen LogP contribution in [0.1, 0.15) is 49.7 Å². The minimum Gasteiger partial charge on any atom is -0.258 e. The smallest absolute Gasteiger partial charge is 0.258 e. The van der Waals surface area contributed by atoms with Crippen LogP contribution in [0.4, 0.5) is 11.4 Å². The van der Waals surface area contributed by atoms with Gasteiger partial charge >= 0.3 is 11.4 Å². The Balaban J connectivity index is 0.00000120. The fraction of sp³-hybridized carbons (Fsp3) is 0.500. The Morgan fingerprint density at radius 2 is 1.72 bits per heavy atom. The number of rotatable bonds is 2. The molecule has 2 unspecified atom stereocenters. The van der Waals surface area contributed by atoms with Gasteiger partial charge in [-0.15, -0.1) is 0 Å². The molecule has 2 aliphatic carbocycles. The lowest BCUT2D eigenvalue weighted by molar-refractivity contribution is -0.423. The molecule has 0 aromatic heterocycles. The first-order chi connectivity index (χ1) is 8.09. The van der Waals surface area contributed by atoms with E-state index in [4.69, 9.17) is 0 Å². The molecule has 0 radical (unpaired) electrons. The van der Waals surface area contributed by atoms with Crippen molar-refractivity contribution in [3.05, 3.63) is 43.5 Å². The zero-order valence-corrected chi connectivity index (χ0v) is 8.96. The predicted octanol–water partition coefficient (Wildman–Crippen LogP) is 3.50. The highest BCUT2D eigenvalue weighted by Crippen LogP contribution is 2.57. The van der Waals surface area contributed by atoms with Gasteiger partial charge in [0.05, 0.1) is 9.85 Å². The number of fused-ring (bicyclic) bond motifs is 5. The summed E-state index contributed by atoms with van der Waals surface area (Å²) in [5, 5.41) is 21.9. The van der Waals surface area contributed by atoms with E-state index in [9.17, 15) is 20.2 Å². The number of nitro benzene ring substituents is 2. The number of hydrogen-bond acceptors (Lipinski definition) is 4. The van der Waals surface area contributed by atoms with Crippen molar-refractivity contribution in [1.29, 1.82) is 0 Å². The van der Waals surface area contributed by atoms with Crippen molar-refractivity contribution in [3.8, 4) is 0 Å². The lowest BCUT2D eigenvalue weighted by Crippen LogP contribution is -2.06. The van der Waals surface area contributed by atoms with Crippen molar-refractivity contribution in [3.63, 3.8) is 0 Å². The Bertz CT molecular complexity index is 541. The fourth-order valence-electron chi connectivity index (χ4n) is 3.26. The van der Waals surface area contributed by atoms with Crippen molar-refractivity contribution in [2.75, 3.05) is 0 Å². The van der Waals surface area contributed by atoms with Crippen LogP contribution >= 0.6 is 0 Å². The maximum atomic E-state index is 11.1. The minimum absolute atomic E-state index is 0. The standard InChI is InChI=1S/C11H10N2O4.CH4/c14-12(15)9-4-3-8-6-1-2-7(5-6)10(8)11(9)13(16)17;/h3-4,6-7H,1-2,5H2;1H4. The van der Waals surface area contributed by atoms with E-state index < -0.39 is 9.85 Å². The SMILES string of the molecule is C.O=[N+]([O-])c1ccc2c(c1[N+](=O)[O-])C1CCC2C1. The third-order valence-corrected chi connectivity index (χ3v) is 3.89. The molecule has 2 aliphatic rings. The quantitative estimate of drug-likeness (QED) is 0.593. The average Bonchev–Trinajstić information content (AvgIpc) is 2.87. The Morgan fingerprint density at radius 3 is 2.33 bits per heavy atom. The Morgan fingerprint density at radius 1 is 1.06 bits per heavy atom. The zero-order chi connectivity index (χ0) is 12.2. The van der Waals surface area contributed by atoms with Gasteiger partial charge in [-0.3, -0.25) is 20.2 Å². The lowest BCUT2D eigenvalue weighted by atomic mass is 9.90. The molecule has 18 heavy (non-hydrogen) atoms. The van der Waals surface area contributed by atoms with E-state index in [1.807, 2.05) is 0 Å². The summed E-state index contributed by atoms with van der Waals surface area (Å²) in [5.41, 5.74) is 0.931. The van der Waals surface area contributed by atoms with Gasteiger partial charge in [-0.2, -0.15) is 0 Å². The van der Waals surface area contributed by atoms with Crippen molar-refractivity contribution < 1.29 is 9.85 Å². The average molecular weight is 250 g/mol. The molecule has 6 heteroatoms. The van der Waals surface area contributed by atoms with Crippen molar-refractivity contribution in [1.82, 2.24) is 0 Å². The van der Waals surface area contributed by atoms with Gasteiger partial charge in [0.15, 0.2) is 0 Å². The molecule has 1 aromatic carbocycles. The lowest BCUT2D eigenvalue weighted by Gasteiger charge is -2.14. The van der Waals surface area contributed by atoms with Crippen molar-refractivity contribution in [2.24, 2.45) is 0 Å². The normalized spacial score (nSPS) is 23.3. The molecule has 2 atom stereocenters. The number of nitrogens with zero attached hydrogens (tertiary/aromatic N) is 2. The summed E-state index contributed by atoms with van der Waals surface area (Å²) in [4.78, 5) is 20.6. The predicted molar refractivity (Wildman–Crippen MR) is 65.8 cm³/mol. The first-order valence-corrected chi connectivity index (χ1v) is 5.55. The maximum absolute atomic E-state index is 11.1. The van der Waals surface area contributed by atoms with E-state index in [1.54, 1.807) is 6.07 Å². The van der Waals surface area contributed by atoms with Crippen molar-refractivity contribution in [2.45, 2.75) is 38.5 Å². The van der Waals surface area contributed by atoms with Crippen LogP contribution in [0.5, 0.6) is 0 Å². The summed E-state index contributed by atoms with van der Waals surface area (Å²) in [6, 6.07) is 2.97. The molecule has 3 rings (SSSR count). The number of hydrogen-bond donors (Lipinski definition) is 0. The first kappa shape index (κ1) is 12.5. The van der Waals surface area contributed by atoms with Gasteiger partial charge in [0.2, 0.25) is 0 Å². The third-order valence-electron chi connectivity index (χ3n) is 3.89. The Hall–Kier alpha value is -1.98. The molecule has 1 saturated carbocycles. The summed E-state index contributed by atoms with van der Waals surface area (Å²) in [7, 11) is 0. The Labute approximate surface area is 104 Å². The molecular formula is C12H14N2O4. The molecule has 6 nitrogen and oxygen atoms in total. The van der Waals surface area contributed by atoms with Crippen LogP contribution in [-0.2, 0) is 0 Å². The molecule has 1 fully saturated rings. The van der Waals surface area contributed by atoms with E-state index in [2.05, 4.69) is 0 Å². The first-order valence-electron chi connectivity index (χ1n) is 5.55. The molecule has 1 aromatic rings. The third kappa shape index (κ3) is 1.48. The molecule has 96 valence electrons. The van der Waals surface area contributed by atoms with Gasteiger partial charge in [0.25, 0.3) is 0 Å². The van der Waals surface area contributed by atoms with Gasteiger partial charge in [-0.05, 0) is 36.7 Å². The van der Waals surface area contributed by atoms with Crippen LogP contribution in [0.2, 0.25) is 0 Å². The van der Waals surface area contributed by atoms with Crippen LogP contribution < -0.4 is 0 Å². The van der Waals surface area contributed by atoms with E-state index in [0.717, 1.165) is 24.8 Å². The molecule has 0 saturated heterocycles. The molecule has 0 aliphatic heterocycles. The van der Waals surface area contributed by atoms with E-state index in [0.29, 0.717) is 11.5 Å². The summed E-state index contributed by atoms with van der Waals surface area (Å²) >= 11 is 0. The maximum Gasteiger partial charge on any atom is 0.349 e. The highest BCUT2D eigenvalue weighted by Gasteiger charge is 2.44. The van der Waals surface area contributed by atoms with Crippen molar-refractivity contribution >= 4 is 11.4 Å².